The summed E-state index contributed by atoms with van der Waals surface area (Å²) in [7, 11) is 1.30. The van der Waals surface area contributed by atoms with Crippen molar-refractivity contribution in [1.29, 1.82) is 0 Å². The molecule has 26 heavy (non-hydrogen) atoms. The van der Waals surface area contributed by atoms with Crippen molar-refractivity contribution in [2.75, 3.05) is 12.4 Å². The van der Waals surface area contributed by atoms with Gasteiger partial charge in [-0.2, -0.15) is 0 Å². The van der Waals surface area contributed by atoms with Gasteiger partial charge >= 0.3 is 12.0 Å². The van der Waals surface area contributed by atoms with Gasteiger partial charge in [-0.25, -0.2) is 4.79 Å². The highest BCUT2D eigenvalue weighted by molar-refractivity contribution is 6.03. The predicted octanol–water partition coefficient (Wildman–Crippen LogP) is 3.39. The standard InChI is InChI=1S/C19H17N3O4/c1-11-4-5-15(10-12(11)2)17-21-22-19(26-17)20-16(23)13-6-8-14(9-7-13)18(24)25-3/h4-10H,1-3H3,(H,20,22,23). The number of ether oxygens (including phenoxy) is 1. The third-order valence-corrected chi connectivity index (χ3v) is 3.97. The van der Waals surface area contributed by atoms with E-state index in [1.165, 1.54) is 31.4 Å². The number of aryl methyl sites for hydroxylation is 2. The molecule has 3 aromatic rings. The van der Waals surface area contributed by atoms with E-state index in [1.54, 1.807) is 0 Å². The van der Waals surface area contributed by atoms with Crippen molar-refractivity contribution in [2.24, 2.45) is 0 Å². The van der Waals surface area contributed by atoms with Gasteiger partial charge in [-0.1, -0.05) is 11.2 Å². The van der Waals surface area contributed by atoms with Gasteiger partial charge in [0.25, 0.3) is 5.91 Å². The number of nitrogens with one attached hydrogen (secondary N) is 1. The minimum Gasteiger partial charge on any atom is -0.465 e. The van der Waals surface area contributed by atoms with Crippen molar-refractivity contribution in [3.05, 3.63) is 64.7 Å². The number of benzene rings is 2. The van der Waals surface area contributed by atoms with E-state index in [4.69, 9.17) is 4.42 Å². The molecule has 0 radical (unpaired) electrons. The van der Waals surface area contributed by atoms with E-state index < -0.39 is 11.9 Å². The summed E-state index contributed by atoms with van der Waals surface area (Å²) in [5.74, 6) is -0.562. The lowest BCUT2D eigenvalue weighted by atomic mass is 10.1. The number of aromatic nitrogens is 2. The molecule has 1 heterocycles. The van der Waals surface area contributed by atoms with Crippen molar-refractivity contribution >= 4 is 17.9 Å². The zero-order valence-electron chi connectivity index (χ0n) is 14.6. The lowest BCUT2D eigenvalue weighted by Gasteiger charge is -2.03. The molecule has 0 aliphatic rings. The Hall–Kier alpha value is -3.48. The summed E-state index contributed by atoms with van der Waals surface area (Å²) in [6.45, 7) is 4.01. The molecule has 7 nitrogen and oxygen atoms in total. The normalized spacial score (nSPS) is 10.4. The zero-order chi connectivity index (χ0) is 18.7. The number of nitrogens with zero attached hydrogens (tertiary/aromatic N) is 2. The van der Waals surface area contributed by atoms with Crippen LogP contribution in [-0.4, -0.2) is 29.2 Å². The summed E-state index contributed by atoms with van der Waals surface area (Å²) in [6, 6.07) is 11.8. The first-order valence-corrected chi connectivity index (χ1v) is 7.89. The Balaban J connectivity index is 1.73. The number of anilines is 1. The number of methoxy groups -OCH3 is 1. The highest BCUT2D eigenvalue weighted by atomic mass is 16.5. The largest absolute Gasteiger partial charge is 0.465 e. The molecule has 7 heteroatoms. The van der Waals surface area contributed by atoms with Crippen molar-refractivity contribution in [3.8, 4) is 11.5 Å². The maximum absolute atomic E-state index is 12.3. The minimum absolute atomic E-state index is 0.000252. The molecule has 0 saturated carbocycles. The second-order valence-corrected chi connectivity index (χ2v) is 5.73. The fraction of sp³-hybridized carbons (Fsp3) is 0.158. The number of hydrogen-bond acceptors (Lipinski definition) is 6. The van der Waals surface area contributed by atoms with Gasteiger partial charge in [0.15, 0.2) is 0 Å². The van der Waals surface area contributed by atoms with E-state index in [0.717, 1.165) is 16.7 Å². The molecule has 0 saturated heterocycles. The van der Waals surface area contributed by atoms with Gasteiger partial charge in [0.05, 0.1) is 12.7 Å². The van der Waals surface area contributed by atoms with Crippen molar-refractivity contribution in [2.45, 2.75) is 13.8 Å². The van der Waals surface area contributed by atoms with Crippen molar-refractivity contribution in [3.63, 3.8) is 0 Å². The molecular weight excluding hydrogens is 334 g/mol. The summed E-state index contributed by atoms with van der Waals surface area (Å²) in [4.78, 5) is 23.7. The summed E-state index contributed by atoms with van der Waals surface area (Å²) in [5, 5.41) is 10.3. The first kappa shape index (κ1) is 17.3. The second kappa shape index (κ2) is 7.18. The zero-order valence-corrected chi connectivity index (χ0v) is 14.6. The average molecular weight is 351 g/mol. The van der Waals surface area contributed by atoms with E-state index in [2.05, 4.69) is 20.3 Å². The number of rotatable bonds is 4. The van der Waals surface area contributed by atoms with Crippen LogP contribution in [0.15, 0.2) is 46.9 Å². The molecule has 2 aromatic carbocycles. The Morgan fingerprint density at radius 2 is 1.65 bits per heavy atom. The van der Waals surface area contributed by atoms with Crippen LogP contribution >= 0.6 is 0 Å². The van der Waals surface area contributed by atoms with E-state index in [0.29, 0.717) is 17.0 Å². The van der Waals surface area contributed by atoms with Gasteiger partial charge in [0.2, 0.25) is 5.89 Å². The van der Waals surface area contributed by atoms with Crippen LogP contribution in [0, 0.1) is 13.8 Å². The van der Waals surface area contributed by atoms with Crippen LogP contribution in [0.5, 0.6) is 0 Å². The van der Waals surface area contributed by atoms with E-state index in [9.17, 15) is 9.59 Å². The van der Waals surface area contributed by atoms with Crippen LogP contribution < -0.4 is 5.32 Å². The first-order valence-electron chi connectivity index (χ1n) is 7.89. The van der Waals surface area contributed by atoms with Crippen LogP contribution in [0.2, 0.25) is 0 Å². The summed E-state index contributed by atoms with van der Waals surface area (Å²) < 4.78 is 10.1. The Kier molecular flexibility index (Phi) is 4.79. The lowest BCUT2D eigenvalue weighted by Crippen LogP contribution is -2.12. The van der Waals surface area contributed by atoms with Gasteiger partial charge in [0.1, 0.15) is 0 Å². The Morgan fingerprint density at radius 3 is 2.31 bits per heavy atom. The minimum atomic E-state index is -0.466. The molecule has 0 bridgehead atoms. The summed E-state index contributed by atoms with van der Waals surface area (Å²) in [5.41, 5.74) is 3.76. The van der Waals surface area contributed by atoms with Crippen LogP contribution in [0.25, 0.3) is 11.5 Å². The Labute approximate surface area is 150 Å². The molecule has 132 valence electrons. The van der Waals surface area contributed by atoms with E-state index in [-0.39, 0.29) is 6.01 Å². The van der Waals surface area contributed by atoms with Crippen molar-refractivity contribution in [1.82, 2.24) is 10.2 Å². The van der Waals surface area contributed by atoms with Gasteiger partial charge in [-0.3, -0.25) is 10.1 Å². The lowest BCUT2D eigenvalue weighted by molar-refractivity contribution is 0.0600. The van der Waals surface area contributed by atoms with Gasteiger partial charge in [-0.05, 0) is 61.4 Å². The van der Waals surface area contributed by atoms with Crippen LogP contribution in [0.3, 0.4) is 0 Å². The molecule has 0 unspecified atom stereocenters. The number of hydrogen-bond donors (Lipinski definition) is 1. The van der Waals surface area contributed by atoms with Crippen LogP contribution in [0.1, 0.15) is 31.8 Å². The maximum Gasteiger partial charge on any atom is 0.337 e. The predicted molar refractivity (Wildman–Crippen MR) is 94.9 cm³/mol. The third-order valence-electron chi connectivity index (χ3n) is 3.97. The quantitative estimate of drug-likeness (QED) is 0.724. The van der Waals surface area contributed by atoms with E-state index in [1.807, 2.05) is 32.0 Å². The summed E-state index contributed by atoms with van der Waals surface area (Å²) >= 11 is 0. The van der Waals surface area contributed by atoms with Crippen molar-refractivity contribution < 1.29 is 18.7 Å². The first-order chi connectivity index (χ1) is 12.5. The highest BCUT2D eigenvalue weighted by Gasteiger charge is 2.14. The number of amides is 1. The molecule has 1 N–H and O–H groups in total. The molecule has 0 aliphatic heterocycles. The third kappa shape index (κ3) is 3.61. The van der Waals surface area contributed by atoms with Gasteiger partial charge in [-0.15, -0.1) is 5.10 Å². The van der Waals surface area contributed by atoms with Gasteiger partial charge in [0, 0.05) is 11.1 Å². The number of esters is 1. The fourth-order valence-electron chi connectivity index (χ4n) is 2.31. The SMILES string of the molecule is COC(=O)c1ccc(C(=O)Nc2nnc(-c3ccc(C)c(C)c3)o2)cc1. The molecule has 0 atom stereocenters. The van der Waals surface area contributed by atoms with Crippen LogP contribution in [-0.2, 0) is 4.74 Å². The Morgan fingerprint density at radius 1 is 0.962 bits per heavy atom. The molecule has 0 fully saturated rings. The smallest absolute Gasteiger partial charge is 0.337 e. The maximum atomic E-state index is 12.3. The Bertz CT molecular complexity index is 961. The molecule has 1 amide bonds. The number of carbonyl (C=O) groups excluding carboxylic acids is 2. The average Bonchev–Trinajstić information content (AvgIpc) is 3.12. The van der Waals surface area contributed by atoms with Crippen LogP contribution in [0.4, 0.5) is 6.01 Å². The molecular formula is C19H17N3O4. The molecule has 0 aliphatic carbocycles. The topological polar surface area (TPSA) is 94.3 Å². The fourth-order valence-corrected chi connectivity index (χ4v) is 2.31. The highest BCUT2D eigenvalue weighted by Crippen LogP contribution is 2.22. The monoisotopic (exact) mass is 351 g/mol. The molecule has 0 spiro atoms. The summed E-state index contributed by atoms with van der Waals surface area (Å²) in [6.07, 6.45) is 0. The molecule has 3 rings (SSSR count). The second-order valence-electron chi connectivity index (χ2n) is 5.73. The molecule has 1 aromatic heterocycles. The van der Waals surface area contributed by atoms with E-state index >= 15 is 0 Å². The van der Waals surface area contributed by atoms with Gasteiger partial charge < -0.3 is 9.15 Å². The number of carbonyl (C=O) groups is 2.